The minimum atomic E-state index is -0.407. The van der Waals surface area contributed by atoms with Gasteiger partial charge in [-0.3, -0.25) is 28.8 Å². The molecule has 0 atom stereocenters. The minimum Gasteiger partial charge on any atom is -0.351 e. The first-order valence-electron chi connectivity index (χ1n) is 21.7. The Kier molecular flexibility index (Phi) is 14.4. The molecule has 67 heavy (non-hydrogen) atoms. The Morgan fingerprint density at radius 2 is 0.821 bits per heavy atom. The van der Waals surface area contributed by atoms with Crippen molar-refractivity contribution >= 4 is 89.7 Å². The number of hydrogen-bond donors (Lipinski definition) is 6. The molecule has 18 nitrogen and oxygen atoms in total. The van der Waals surface area contributed by atoms with E-state index in [0.29, 0.717) is 69.7 Å². The molecule has 0 saturated heterocycles. The second-order valence-electron chi connectivity index (χ2n) is 17.1. The van der Waals surface area contributed by atoms with E-state index in [9.17, 15) is 28.8 Å². The van der Waals surface area contributed by atoms with E-state index in [1.54, 1.807) is 120 Å². The number of fused-ring (bicyclic) bond motifs is 3. The van der Waals surface area contributed by atoms with Crippen molar-refractivity contribution in [3.8, 4) is 0 Å². The van der Waals surface area contributed by atoms with Gasteiger partial charge in [0.2, 0.25) is 0 Å². The molecule has 0 bridgehead atoms. The quantitative estimate of drug-likeness (QED) is 0.0582. The summed E-state index contributed by atoms with van der Waals surface area (Å²) in [4.78, 5) is 83.3. The standard InChI is InChI=1S/C48H56N12O6S/c1-55(2)17-9-15-49-45(63)37-21-33(27-57(37)5)53-47(65)39-23-31(25-59(39)7)51-43(61)29-12-14-41-36(19-29)35-13-11-30(20-42(35)67-41)44(62)52-32-24-40(60(8)26-32)48(66)54-34-22-38(58(6)28-34)46(64)50-16-10-18-56(3)4/h11-14,19-28H,9-10,15-18H2,1-8H3,(H,49,63)(H,50,64)(H,51,61)(H,52,62)(H,53,65)(H,54,66). The number of rotatable bonds is 18. The third-order valence-corrected chi connectivity index (χ3v) is 12.2. The fourth-order valence-corrected chi connectivity index (χ4v) is 8.79. The van der Waals surface area contributed by atoms with Gasteiger partial charge in [-0.05, 0) is 109 Å². The van der Waals surface area contributed by atoms with Crippen LogP contribution in [-0.2, 0) is 28.2 Å². The maximum atomic E-state index is 13.5. The number of nitrogens with one attached hydrogen (secondary N) is 6. The molecule has 350 valence electrons. The van der Waals surface area contributed by atoms with E-state index in [0.717, 1.165) is 46.1 Å². The summed E-state index contributed by atoms with van der Waals surface area (Å²) >= 11 is 1.49. The van der Waals surface area contributed by atoms with Crippen molar-refractivity contribution in [3.63, 3.8) is 0 Å². The molecule has 0 aliphatic heterocycles. The zero-order chi connectivity index (χ0) is 48.1. The van der Waals surface area contributed by atoms with Gasteiger partial charge in [-0.1, -0.05) is 6.07 Å². The maximum Gasteiger partial charge on any atom is 0.272 e. The van der Waals surface area contributed by atoms with Crippen LogP contribution in [0.25, 0.3) is 20.2 Å². The number of thiophene rings is 1. The Bertz CT molecular complexity index is 3020. The molecule has 5 heterocycles. The van der Waals surface area contributed by atoms with Crippen LogP contribution in [0, 0.1) is 0 Å². The predicted octanol–water partition coefficient (Wildman–Crippen LogP) is 5.78. The van der Waals surface area contributed by atoms with Crippen molar-refractivity contribution < 1.29 is 28.8 Å². The van der Waals surface area contributed by atoms with Crippen LogP contribution in [0.1, 0.15) is 75.5 Å². The fourth-order valence-electron chi connectivity index (χ4n) is 7.67. The predicted molar refractivity (Wildman–Crippen MR) is 264 cm³/mol. The van der Waals surface area contributed by atoms with E-state index >= 15 is 0 Å². The van der Waals surface area contributed by atoms with E-state index in [4.69, 9.17) is 0 Å². The molecule has 0 fully saturated rings. The van der Waals surface area contributed by atoms with Crippen molar-refractivity contribution in [1.82, 2.24) is 38.7 Å². The topological polar surface area (TPSA) is 201 Å². The van der Waals surface area contributed by atoms with Crippen LogP contribution in [0.2, 0.25) is 0 Å². The zero-order valence-corrected chi connectivity index (χ0v) is 39.7. The van der Waals surface area contributed by atoms with E-state index < -0.39 is 11.8 Å². The highest BCUT2D eigenvalue weighted by atomic mass is 32.1. The van der Waals surface area contributed by atoms with E-state index in [1.165, 1.54) is 11.3 Å². The minimum absolute atomic E-state index is 0.231. The Hall–Kier alpha value is -7.48. The highest BCUT2D eigenvalue weighted by Crippen LogP contribution is 2.35. The van der Waals surface area contributed by atoms with Crippen molar-refractivity contribution in [2.24, 2.45) is 28.2 Å². The monoisotopic (exact) mass is 928 g/mol. The van der Waals surface area contributed by atoms with Crippen LogP contribution >= 0.6 is 11.3 Å². The lowest BCUT2D eigenvalue weighted by Crippen LogP contribution is -2.28. The van der Waals surface area contributed by atoms with Gasteiger partial charge in [-0.2, -0.15) is 0 Å². The molecule has 5 aromatic heterocycles. The molecular weight excluding hydrogens is 873 g/mol. The highest BCUT2D eigenvalue weighted by molar-refractivity contribution is 7.25. The molecule has 0 saturated carbocycles. The van der Waals surface area contributed by atoms with Gasteiger partial charge in [-0.25, -0.2) is 0 Å². The second-order valence-corrected chi connectivity index (χ2v) is 18.1. The number of aromatic nitrogens is 4. The molecule has 7 aromatic rings. The van der Waals surface area contributed by atoms with E-state index in [2.05, 4.69) is 31.9 Å². The molecule has 7 rings (SSSR count). The first-order chi connectivity index (χ1) is 31.9. The van der Waals surface area contributed by atoms with E-state index in [1.807, 2.05) is 50.1 Å². The first kappa shape index (κ1) is 47.5. The average molecular weight is 929 g/mol. The summed E-state index contributed by atoms with van der Waals surface area (Å²) < 4.78 is 8.32. The number of carbonyl (C=O) groups is 6. The Balaban J connectivity index is 0.956. The van der Waals surface area contributed by atoms with Crippen LogP contribution in [0.3, 0.4) is 0 Å². The largest absolute Gasteiger partial charge is 0.351 e. The second kappa shape index (κ2) is 20.4. The summed E-state index contributed by atoms with van der Waals surface area (Å²) in [5.41, 5.74) is 4.04. The van der Waals surface area contributed by atoms with Gasteiger partial charge in [0, 0.05) is 97.4 Å². The normalized spacial score (nSPS) is 11.4. The molecule has 0 aliphatic carbocycles. The van der Waals surface area contributed by atoms with Gasteiger partial charge in [-0.15, -0.1) is 11.3 Å². The van der Waals surface area contributed by atoms with E-state index in [-0.39, 0.29) is 23.6 Å². The molecule has 19 heteroatoms. The Labute approximate surface area is 391 Å². The number of benzene rings is 2. The molecule has 0 aliphatic rings. The molecular formula is C48H56N12O6S. The van der Waals surface area contributed by atoms with Crippen molar-refractivity contribution in [2.75, 3.05) is 75.6 Å². The molecule has 2 aromatic carbocycles. The molecule has 6 N–H and O–H groups in total. The van der Waals surface area contributed by atoms with Gasteiger partial charge in [0.25, 0.3) is 35.4 Å². The summed E-state index contributed by atoms with van der Waals surface area (Å²) in [6.07, 6.45) is 8.27. The van der Waals surface area contributed by atoms with Crippen LogP contribution in [-0.4, -0.2) is 118 Å². The highest BCUT2D eigenvalue weighted by Gasteiger charge is 2.21. The third kappa shape index (κ3) is 11.3. The fraction of sp³-hybridized carbons (Fsp3) is 0.292. The lowest BCUT2D eigenvalue weighted by Gasteiger charge is -2.10. The molecule has 0 radical (unpaired) electrons. The first-order valence-corrected chi connectivity index (χ1v) is 22.5. The van der Waals surface area contributed by atoms with Gasteiger partial charge in [0.05, 0.1) is 22.7 Å². The lowest BCUT2D eigenvalue weighted by atomic mass is 10.1. The molecule has 0 spiro atoms. The SMILES string of the molecule is CN(C)CCCNC(=O)c1cc(NC(=O)c2cc(NC(=O)c3ccc4c(c3)sc3ccc(C(=O)Nc5cc(C(=O)Nc6cc(C(=O)NCCCN(C)C)n(C)c6)n(C)c5)cc34)cn2C)cn1C. The van der Waals surface area contributed by atoms with Crippen LogP contribution in [0.5, 0.6) is 0 Å². The maximum absolute atomic E-state index is 13.5. The summed E-state index contributed by atoms with van der Waals surface area (Å²) in [6.45, 7) is 2.77. The van der Waals surface area contributed by atoms with Crippen molar-refractivity contribution in [1.29, 1.82) is 0 Å². The number of carbonyl (C=O) groups excluding carboxylic acids is 6. The summed E-state index contributed by atoms with van der Waals surface area (Å²) in [5, 5.41) is 19.0. The lowest BCUT2D eigenvalue weighted by molar-refractivity contribution is 0.0936. The van der Waals surface area contributed by atoms with Crippen molar-refractivity contribution in [2.45, 2.75) is 12.8 Å². The van der Waals surface area contributed by atoms with Crippen LogP contribution in [0.15, 0.2) is 85.5 Å². The van der Waals surface area contributed by atoms with Crippen LogP contribution < -0.4 is 31.9 Å². The van der Waals surface area contributed by atoms with Crippen LogP contribution in [0.4, 0.5) is 22.7 Å². The third-order valence-electron chi connectivity index (χ3n) is 11.1. The summed E-state index contributed by atoms with van der Waals surface area (Å²) in [7, 11) is 14.8. The Morgan fingerprint density at radius 3 is 1.24 bits per heavy atom. The molecule has 6 amide bonds. The Morgan fingerprint density at radius 1 is 0.448 bits per heavy atom. The number of amides is 6. The summed E-state index contributed by atoms with van der Waals surface area (Å²) in [5.74, 6) is -2.00. The number of anilines is 4. The zero-order valence-electron chi connectivity index (χ0n) is 38.9. The number of nitrogens with zero attached hydrogens (tertiary/aromatic N) is 6. The average Bonchev–Trinajstić information content (AvgIpc) is 4.10. The van der Waals surface area contributed by atoms with Gasteiger partial charge < -0.3 is 60.0 Å². The molecule has 0 unspecified atom stereocenters. The number of hydrogen-bond acceptors (Lipinski definition) is 9. The number of aryl methyl sites for hydroxylation is 4. The summed E-state index contributed by atoms with van der Waals surface area (Å²) in [6, 6.07) is 17.2. The van der Waals surface area contributed by atoms with Gasteiger partial charge >= 0.3 is 0 Å². The van der Waals surface area contributed by atoms with Crippen molar-refractivity contribution in [3.05, 3.63) is 119 Å². The smallest absolute Gasteiger partial charge is 0.272 e. The van der Waals surface area contributed by atoms with Gasteiger partial charge in [0.1, 0.15) is 22.8 Å². The van der Waals surface area contributed by atoms with Gasteiger partial charge in [0.15, 0.2) is 0 Å².